The molecule has 2 unspecified atom stereocenters. The maximum Gasteiger partial charge on any atom is 0.237 e. The second kappa shape index (κ2) is 7.62. The Morgan fingerprint density at radius 2 is 2.00 bits per heavy atom. The van der Waals surface area contributed by atoms with Gasteiger partial charge in [-0.3, -0.25) is 4.79 Å². The molecule has 0 spiro atoms. The number of ether oxygens (including phenoxy) is 1. The highest BCUT2D eigenvalue weighted by Crippen LogP contribution is 1.97. The molecule has 102 valence electrons. The highest BCUT2D eigenvalue weighted by atomic mass is 32.2. The van der Waals surface area contributed by atoms with E-state index < -0.39 is 15.9 Å². The molecule has 0 aromatic rings. The summed E-state index contributed by atoms with van der Waals surface area (Å²) >= 11 is 0. The molecule has 0 fully saturated rings. The van der Waals surface area contributed by atoms with Gasteiger partial charge in [-0.05, 0) is 19.8 Å². The van der Waals surface area contributed by atoms with E-state index in [9.17, 15) is 13.2 Å². The molecular formula is C10H22N2O4S. The molecule has 0 rings (SSSR count). The molecule has 0 aliphatic carbocycles. The number of carbonyl (C=O) groups excluding carboxylic acids is 1. The van der Waals surface area contributed by atoms with E-state index in [1.54, 1.807) is 7.11 Å². The van der Waals surface area contributed by atoms with Crippen LogP contribution in [0.1, 0.15) is 19.8 Å². The number of hydrogen-bond donors (Lipinski definition) is 2. The first-order valence-corrected chi connectivity index (χ1v) is 7.55. The smallest absolute Gasteiger partial charge is 0.237 e. The minimum absolute atomic E-state index is 0.0354. The summed E-state index contributed by atoms with van der Waals surface area (Å²) in [7, 11) is -1.49. The zero-order valence-corrected chi connectivity index (χ0v) is 11.4. The maximum atomic E-state index is 11.6. The first kappa shape index (κ1) is 16.3. The topological polar surface area (TPSA) is 98.5 Å². The van der Waals surface area contributed by atoms with Crippen molar-refractivity contribution < 1.29 is 17.9 Å². The Bertz CT molecular complexity index is 329. The number of nitrogens with two attached hydrogens (primary N) is 1. The highest BCUT2D eigenvalue weighted by Gasteiger charge is 2.17. The van der Waals surface area contributed by atoms with Gasteiger partial charge in [0.1, 0.15) is 9.84 Å². The highest BCUT2D eigenvalue weighted by molar-refractivity contribution is 7.90. The van der Waals surface area contributed by atoms with Crippen molar-refractivity contribution in [2.45, 2.75) is 31.8 Å². The Hall–Kier alpha value is -0.660. The van der Waals surface area contributed by atoms with Gasteiger partial charge in [0, 0.05) is 26.0 Å². The Kier molecular flexibility index (Phi) is 7.33. The normalized spacial score (nSPS) is 15.3. The molecule has 17 heavy (non-hydrogen) atoms. The first-order valence-electron chi connectivity index (χ1n) is 5.49. The van der Waals surface area contributed by atoms with Crippen molar-refractivity contribution in [1.82, 2.24) is 5.32 Å². The monoisotopic (exact) mass is 266 g/mol. The van der Waals surface area contributed by atoms with Gasteiger partial charge in [-0.1, -0.05) is 0 Å². The summed E-state index contributed by atoms with van der Waals surface area (Å²) in [5, 5.41) is 2.71. The molecule has 0 radical (unpaired) electrons. The zero-order valence-electron chi connectivity index (χ0n) is 10.6. The lowest BCUT2D eigenvalue weighted by Crippen LogP contribution is -2.45. The van der Waals surface area contributed by atoms with Crippen molar-refractivity contribution in [3.8, 4) is 0 Å². The van der Waals surface area contributed by atoms with Crippen molar-refractivity contribution in [2.24, 2.45) is 5.73 Å². The molecule has 0 heterocycles. The number of nitrogens with one attached hydrogen (secondary N) is 1. The molecule has 0 aromatic heterocycles. The molecule has 0 saturated carbocycles. The lowest BCUT2D eigenvalue weighted by molar-refractivity contribution is -0.123. The summed E-state index contributed by atoms with van der Waals surface area (Å²) in [5.74, 6) is -0.397. The Morgan fingerprint density at radius 3 is 2.47 bits per heavy atom. The van der Waals surface area contributed by atoms with Gasteiger partial charge in [0.25, 0.3) is 0 Å². The predicted octanol–water partition coefficient (Wildman–Crippen LogP) is -0.710. The molecule has 6 nitrogen and oxygen atoms in total. The van der Waals surface area contributed by atoms with E-state index in [2.05, 4.69) is 5.32 Å². The fraction of sp³-hybridized carbons (Fsp3) is 0.900. The van der Waals surface area contributed by atoms with Gasteiger partial charge in [-0.2, -0.15) is 0 Å². The molecule has 0 aliphatic rings. The van der Waals surface area contributed by atoms with E-state index in [1.165, 1.54) is 0 Å². The first-order chi connectivity index (χ1) is 7.76. The fourth-order valence-corrected chi connectivity index (χ4v) is 1.87. The van der Waals surface area contributed by atoms with Gasteiger partial charge in [0.05, 0.1) is 11.8 Å². The van der Waals surface area contributed by atoms with Crippen molar-refractivity contribution in [2.75, 3.05) is 25.7 Å². The third-order valence-corrected chi connectivity index (χ3v) is 3.26. The van der Waals surface area contributed by atoms with Crippen LogP contribution in [0.15, 0.2) is 0 Å². The molecule has 0 aromatic carbocycles. The molecular weight excluding hydrogens is 244 g/mol. The molecule has 7 heteroatoms. The summed E-state index contributed by atoms with van der Waals surface area (Å²) < 4.78 is 26.7. The van der Waals surface area contributed by atoms with E-state index in [1.807, 2.05) is 6.92 Å². The molecule has 2 atom stereocenters. The van der Waals surface area contributed by atoms with E-state index in [0.717, 1.165) is 6.26 Å². The average molecular weight is 266 g/mol. The van der Waals surface area contributed by atoms with Gasteiger partial charge in [0.2, 0.25) is 5.91 Å². The number of sulfone groups is 1. The third-order valence-electron chi connectivity index (χ3n) is 2.28. The van der Waals surface area contributed by atoms with E-state index >= 15 is 0 Å². The van der Waals surface area contributed by atoms with Crippen LogP contribution in [-0.2, 0) is 19.4 Å². The van der Waals surface area contributed by atoms with Crippen LogP contribution in [0.3, 0.4) is 0 Å². The number of rotatable bonds is 8. The summed E-state index contributed by atoms with van der Waals surface area (Å²) in [4.78, 5) is 11.6. The maximum absolute atomic E-state index is 11.6. The van der Waals surface area contributed by atoms with Gasteiger partial charge >= 0.3 is 0 Å². The summed E-state index contributed by atoms with van der Waals surface area (Å²) in [6, 6.07) is -0.818. The number of amides is 1. The summed E-state index contributed by atoms with van der Waals surface area (Å²) in [6.07, 6.45) is 1.96. The predicted molar refractivity (Wildman–Crippen MR) is 66.4 cm³/mol. The fourth-order valence-electron chi connectivity index (χ4n) is 1.19. The second-order valence-corrected chi connectivity index (χ2v) is 6.48. The van der Waals surface area contributed by atoms with E-state index in [-0.39, 0.29) is 24.1 Å². The lowest BCUT2D eigenvalue weighted by Gasteiger charge is -2.16. The van der Waals surface area contributed by atoms with E-state index in [0.29, 0.717) is 13.0 Å². The van der Waals surface area contributed by atoms with Gasteiger partial charge < -0.3 is 15.8 Å². The molecule has 0 saturated heterocycles. The number of hydrogen-bond acceptors (Lipinski definition) is 5. The molecule has 3 N–H and O–H groups in total. The van der Waals surface area contributed by atoms with Crippen LogP contribution in [0.25, 0.3) is 0 Å². The zero-order chi connectivity index (χ0) is 13.5. The van der Waals surface area contributed by atoms with Crippen molar-refractivity contribution in [3.63, 3.8) is 0 Å². The standard InChI is InChI=1S/C10H22N2O4S/c1-8(4-6-16-2)12-10(13)9(11)5-7-17(3,14)15/h8-9H,4-7,11H2,1-3H3,(H,12,13). The van der Waals surface area contributed by atoms with Crippen LogP contribution >= 0.6 is 0 Å². The van der Waals surface area contributed by atoms with Crippen molar-refractivity contribution >= 4 is 15.7 Å². The molecule has 1 amide bonds. The van der Waals surface area contributed by atoms with Crippen LogP contribution in [0.4, 0.5) is 0 Å². The minimum atomic E-state index is -3.08. The van der Waals surface area contributed by atoms with Gasteiger partial charge in [-0.25, -0.2) is 8.42 Å². The Balaban J connectivity index is 3.97. The molecule has 0 bridgehead atoms. The summed E-state index contributed by atoms with van der Waals surface area (Å²) in [5.41, 5.74) is 5.59. The van der Waals surface area contributed by atoms with Crippen LogP contribution in [-0.4, -0.2) is 52.1 Å². The molecule has 0 aliphatic heterocycles. The summed E-state index contributed by atoms with van der Waals surface area (Å²) in [6.45, 7) is 2.40. The Labute approximate surface area is 103 Å². The van der Waals surface area contributed by atoms with Crippen LogP contribution in [0, 0.1) is 0 Å². The van der Waals surface area contributed by atoms with Crippen molar-refractivity contribution in [1.29, 1.82) is 0 Å². The SMILES string of the molecule is COCCC(C)NC(=O)C(N)CCS(C)(=O)=O. The Morgan fingerprint density at radius 1 is 1.41 bits per heavy atom. The third kappa shape index (κ3) is 9.08. The minimum Gasteiger partial charge on any atom is -0.385 e. The lowest BCUT2D eigenvalue weighted by atomic mass is 10.2. The second-order valence-electron chi connectivity index (χ2n) is 4.22. The van der Waals surface area contributed by atoms with Crippen molar-refractivity contribution in [3.05, 3.63) is 0 Å². The largest absolute Gasteiger partial charge is 0.385 e. The van der Waals surface area contributed by atoms with Gasteiger partial charge in [-0.15, -0.1) is 0 Å². The number of carbonyl (C=O) groups is 1. The average Bonchev–Trinajstić information content (AvgIpc) is 2.21. The van der Waals surface area contributed by atoms with Crippen LogP contribution < -0.4 is 11.1 Å². The van der Waals surface area contributed by atoms with E-state index in [4.69, 9.17) is 10.5 Å². The number of methoxy groups -OCH3 is 1. The van der Waals surface area contributed by atoms with Crippen LogP contribution in [0.2, 0.25) is 0 Å². The van der Waals surface area contributed by atoms with Crippen LogP contribution in [0.5, 0.6) is 0 Å². The quantitative estimate of drug-likeness (QED) is 0.604. The van der Waals surface area contributed by atoms with Gasteiger partial charge in [0.15, 0.2) is 0 Å².